The summed E-state index contributed by atoms with van der Waals surface area (Å²) in [6.07, 6.45) is 2.44. The van der Waals surface area contributed by atoms with E-state index >= 15 is 0 Å². The highest BCUT2D eigenvalue weighted by atomic mass is 35.5. The number of pyridine rings is 1. The Morgan fingerprint density at radius 3 is 2.59 bits per heavy atom. The Kier molecular flexibility index (Phi) is 4.00. The van der Waals surface area contributed by atoms with Crippen LogP contribution in [-0.2, 0) is 6.42 Å². The van der Waals surface area contributed by atoms with E-state index in [9.17, 15) is 0 Å². The molecule has 4 heteroatoms. The average molecular weight is 267 g/mol. The highest BCUT2D eigenvalue weighted by Crippen LogP contribution is 2.25. The van der Waals surface area contributed by atoms with E-state index in [0.717, 1.165) is 11.3 Å². The van der Waals surface area contributed by atoms with E-state index < -0.39 is 0 Å². The number of nitrogens with zero attached hydrogens (tertiary/aromatic N) is 1. The third-order valence-electron chi connectivity index (χ3n) is 2.53. The molecule has 0 radical (unpaired) electrons. The van der Waals surface area contributed by atoms with Gasteiger partial charge in [-0.2, -0.15) is 0 Å². The summed E-state index contributed by atoms with van der Waals surface area (Å²) in [6.45, 7) is 0. The van der Waals surface area contributed by atoms with Crippen molar-refractivity contribution in [1.82, 2.24) is 4.98 Å². The van der Waals surface area contributed by atoms with Crippen molar-refractivity contribution < 1.29 is 0 Å². The normalized spacial score (nSPS) is 12.4. The molecule has 0 bridgehead atoms. The zero-order valence-electron chi connectivity index (χ0n) is 9.11. The van der Waals surface area contributed by atoms with Gasteiger partial charge in [0.1, 0.15) is 0 Å². The fraction of sp³-hybridized carbons (Fsp3) is 0.154. The van der Waals surface area contributed by atoms with E-state index in [1.165, 1.54) is 0 Å². The van der Waals surface area contributed by atoms with Crippen LogP contribution in [0.2, 0.25) is 10.0 Å². The molecule has 0 aliphatic heterocycles. The van der Waals surface area contributed by atoms with Gasteiger partial charge in [0.05, 0.1) is 10.0 Å². The fourth-order valence-electron chi connectivity index (χ4n) is 1.61. The first kappa shape index (κ1) is 12.4. The van der Waals surface area contributed by atoms with Gasteiger partial charge in [-0.15, -0.1) is 0 Å². The Balaban J connectivity index is 2.14. The Morgan fingerprint density at radius 1 is 1.12 bits per heavy atom. The molecule has 1 unspecified atom stereocenters. The van der Waals surface area contributed by atoms with Crippen LogP contribution in [0.25, 0.3) is 0 Å². The zero-order chi connectivity index (χ0) is 12.3. The molecule has 2 nitrogen and oxygen atoms in total. The lowest BCUT2D eigenvalue weighted by atomic mass is 10.0. The van der Waals surface area contributed by atoms with Crippen molar-refractivity contribution in [2.24, 2.45) is 5.73 Å². The molecule has 0 aliphatic rings. The highest BCUT2D eigenvalue weighted by Gasteiger charge is 2.09. The molecule has 1 heterocycles. The first-order valence-electron chi connectivity index (χ1n) is 5.27. The molecule has 1 aromatic heterocycles. The lowest BCUT2D eigenvalue weighted by molar-refractivity contribution is 0.707. The molecule has 0 fully saturated rings. The molecule has 0 saturated carbocycles. The number of halogens is 2. The van der Waals surface area contributed by atoms with Crippen LogP contribution in [0, 0.1) is 0 Å². The molecule has 0 saturated heterocycles. The Labute approximate surface area is 110 Å². The van der Waals surface area contributed by atoms with E-state index in [0.29, 0.717) is 16.5 Å². The Bertz CT molecular complexity index is 500. The summed E-state index contributed by atoms with van der Waals surface area (Å²) in [5.41, 5.74) is 8.03. The van der Waals surface area contributed by atoms with Gasteiger partial charge in [0.15, 0.2) is 0 Å². The second kappa shape index (κ2) is 5.50. The lowest BCUT2D eigenvalue weighted by Crippen LogP contribution is -2.14. The third-order valence-corrected chi connectivity index (χ3v) is 3.27. The zero-order valence-corrected chi connectivity index (χ0v) is 10.6. The molecule has 1 aromatic carbocycles. The van der Waals surface area contributed by atoms with Crippen LogP contribution in [0.4, 0.5) is 0 Å². The first-order valence-corrected chi connectivity index (χ1v) is 6.03. The van der Waals surface area contributed by atoms with Crippen LogP contribution in [-0.4, -0.2) is 4.98 Å². The van der Waals surface area contributed by atoms with E-state index in [-0.39, 0.29) is 6.04 Å². The summed E-state index contributed by atoms with van der Waals surface area (Å²) in [7, 11) is 0. The van der Waals surface area contributed by atoms with Crippen LogP contribution in [0.15, 0.2) is 42.6 Å². The van der Waals surface area contributed by atoms with Gasteiger partial charge in [0.25, 0.3) is 0 Å². The van der Waals surface area contributed by atoms with Crippen molar-refractivity contribution in [3.05, 3.63) is 63.9 Å². The maximum Gasteiger partial charge on any atom is 0.0595 e. The van der Waals surface area contributed by atoms with Crippen molar-refractivity contribution in [2.75, 3.05) is 0 Å². The van der Waals surface area contributed by atoms with Crippen LogP contribution < -0.4 is 5.73 Å². The summed E-state index contributed by atoms with van der Waals surface area (Å²) in [6, 6.07) is 11.1. The van der Waals surface area contributed by atoms with Crippen LogP contribution in [0.1, 0.15) is 17.3 Å². The van der Waals surface area contributed by atoms with Gasteiger partial charge in [0, 0.05) is 24.4 Å². The largest absolute Gasteiger partial charge is 0.324 e. The predicted octanol–water partition coefficient (Wildman–Crippen LogP) is 3.63. The maximum atomic E-state index is 6.10. The number of hydrogen-bond donors (Lipinski definition) is 1. The number of benzene rings is 1. The molecule has 2 N–H and O–H groups in total. The van der Waals surface area contributed by atoms with Gasteiger partial charge in [-0.25, -0.2) is 0 Å². The molecule has 2 aromatic rings. The Hall–Kier alpha value is -1.09. The van der Waals surface area contributed by atoms with Gasteiger partial charge in [0.2, 0.25) is 0 Å². The molecular weight excluding hydrogens is 255 g/mol. The molecule has 0 amide bonds. The monoisotopic (exact) mass is 266 g/mol. The lowest BCUT2D eigenvalue weighted by Gasteiger charge is -2.12. The molecule has 17 heavy (non-hydrogen) atoms. The number of hydrogen-bond acceptors (Lipinski definition) is 2. The summed E-state index contributed by atoms with van der Waals surface area (Å²) in [4.78, 5) is 4.25. The minimum absolute atomic E-state index is 0.125. The minimum Gasteiger partial charge on any atom is -0.324 e. The van der Waals surface area contributed by atoms with Crippen molar-refractivity contribution in [3.8, 4) is 0 Å². The van der Waals surface area contributed by atoms with Crippen molar-refractivity contribution in [1.29, 1.82) is 0 Å². The fourth-order valence-corrected chi connectivity index (χ4v) is 1.91. The molecule has 0 spiro atoms. The molecular formula is C13H12Cl2N2. The average Bonchev–Trinajstić information content (AvgIpc) is 2.34. The smallest absolute Gasteiger partial charge is 0.0595 e. The van der Waals surface area contributed by atoms with Crippen LogP contribution >= 0.6 is 23.2 Å². The van der Waals surface area contributed by atoms with E-state index in [1.54, 1.807) is 18.3 Å². The topological polar surface area (TPSA) is 38.9 Å². The number of nitrogens with two attached hydrogens (primary N) is 1. The molecule has 1 atom stereocenters. The van der Waals surface area contributed by atoms with Crippen molar-refractivity contribution in [3.63, 3.8) is 0 Å². The summed E-state index contributed by atoms with van der Waals surface area (Å²) >= 11 is 11.8. The summed E-state index contributed by atoms with van der Waals surface area (Å²) in [5, 5.41) is 1.07. The highest BCUT2D eigenvalue weighted by molar-refractivity contribution is 6.42. The second-order valence-corrected chi connectivity index (χ2v) is 4.62. The number of aromatic nitrogens is 1. The van der Waals surface area contributed by atoms with Crippen molar-refractivity contribution in [2.45, 2.75) is 12.5 Å². The molecule has 88 valence electrons. The van der Waals surface area contributed by atoms with E-state index in [2.05, 4.69) is 4.98 Å². The molecule has 2 rings (SSSR count). The van der Waals surface area contributed by atoms with E-state index in [4.69, 9.17) is 28.9 Å². The number of rotatable bonds is 3. The van der Waals surface area contributed by atoms with Gasteiger partial charge in [-0.3, -0.25) is 4.98 Å². The molecule has 0 aliphatic carbocycles. The van der Waals surface area contributed by atoms with Crippen LogP contribution in [0.3, 0.4) is 0 Å². The summed E-state index contributed by atoms with van der Waals surface area (Å²) < 4.78 is 0. The van der Waals surface area contributed by atoms with Crippen LogP contribution in [0.5, 0.6) is 0 Å². The maximum absolute atomic E-state index is 6.10. The van der Waals surface area contributed by atoms with Gasteiger partial charge < -0.3 is 5.73 Å². The SMILES string of the molecule is NC(Cc1ccccn1)c1ccc(Cl)c(Cl)c1. The van der Waals surface area contributed by atoms with Gasteiger partial charge in [-0.05, 0) is 29.8 Å². The predicted molar refractivity (Wildman–Crippen MR) is 71.3 cm³/mol. The standard InChI is InChI=1S/C13H12Cl2N2/c14-11-5-4-9(7-12(11)15)13(16)8-10-3-1-2-6-17-10/h1-7,13H,8,16H2. The van der Waals surface area contributed by atoms with Gasteiger partial charge >= 0.3 is 0 Å². The third kappa shape index (κ3) is 3.19. The summed E-state index contributed by atoms with van der Waals surface area (Å²) in [5.74, 6) is 0. The minimum atomic E-state index is -0.125. The van der Waals surface area contributed by atoms with E-state index in [1.807, 2.05) is 24.3 Å². The second-order valence-electron chi connectivity index (χ2n) is 3.81. The first-order chi connectivity index (χ1) is 8.16. The van der Waals surface area contributed by atoms with Crippen molar-refractivity contribution >= 4 is 23.2 Å². The Morgan fingerprint density at radius 2 is 1.94 bits per heavy atom. The quantitative estimate of drug-likeness (QED) is 0.922. The van der Waals surface area contributed by atoms with Gasteiger partial charge in [-0.1, -0.05) is 35.3 Å².